The molecule has 3 rings (SSSR count). The van der Waals surface area contributed by atoms with Crippen molar-refractivity contribution in [1.29, 1.82) is 0 Å². The van der Waals surface area contributed by atoms with Gasteiger partial charge in [0, 0.05) is 18.6 Å². The molecule has 24 heavy (non-hydrogen) atoms. The van der Waals surface area contributed by atoms with Gasteiger partial charge in [0.1, 0.15) is 5.75 Å². The molecule has 0 aromatic heterocycles. The van der Waals surface area contributed by atoms with Crippen LogP contribution in [0.4, 0.5) is 0 Å². The zero-order valence-corrected chi connectivity index (χ0v) is 15.0. The fraction of sp³-hybridized carbons (Fsp3) is 0.650. The molecule has 3 atom stereocenters. The lowest BCUT2D eigenvalue weighted by atomic mass is 9.87. The molecule has 2 fully saturated rings. The molecule has 2 saturated heterocycles. The van der Waals surface area contributed by atoms with Crippen molar-refractivity contribution >= 4 is 5.97 Å². The Morgan fingerprint density at radius 1 is 1.25 bits per heavy atom. The summed E-state index contributed by atoms with van der Waals surface area (Å²) in [6.07, 6.45) is 3.97. The van der Waals surface area contributed by atoms with Gasteiger partial charge in [-0.05, 0) is 48.8 Å². The first-order valence-electron chi connectivity index (χ1n) is 9.08. The molecule has 2 heterocycles. The lowest BCUT2D eigenvalue weighted by Gasteiger charge is -2.22. The van der Waals surface area contributed by atoms with Gasteiger partial charge < -0.3 is 9.84 Å². The Labute approximate surface area is 144 Å². The Morgan fingerprint density at radius 2 is 1.96 bits per heavy atom. The van der Waals surface area contributed by atoms with E-state index in [2.05, 4.69) is 37.8 Å². The summed E-state index contributed by atoms with van der Waals surface area (Å²) < 4.78 is 5.86. The fourth-order valence-corrected chi connectivity index (χ4v) is 4.20. The van der Waals surface area contributed by atoms with Crippen LogP contribution in [0, 0.1) is 5.92 Å². The highest BCUT2D eigenvalue weighted by Crippen LogP contribution is 2.41. The summed E-state index contributed by atoms with van der Waals surface area (Å²) in [7, 11) is 0. The van der Waals surface area contributed by atoms with Crippen LogP contribution in [0.25, 0.3) is 0 Å². The van der Waals surface area contributed by atoms with E-state index in [0.717, 1.165) is 38.0 Å². The molecule has 1 aromatic rings. The second kappa shape index (κ2) is 6.75. The quantitative estimate of drug-likeness (QED) is 0.808. The van der Waals surface area contributed by atoms with Gasteiger partial charge in [0.15, 0.2) is 0 Å². The zero-order chi connectivity index (χ0) is 17.3. The summed E-state index contributed by atoms with van der Waals surface area (Å²) in [6.45, 7) is 8.24. The predicted octanol–water partition coefficient (Wildman–Crippen LogP) is 3.69. The van der Waals surface area contributed by atoms with E-state index in [1.165, 1.54) is 5.56 Å². The molecule has 4 heteroatoms. The van der Waals surface area contributed by atoms with E-state index in [0.29, 0.717) is 12.6 Å². The minimum atomic E-state index is -0.623. The normalized spacial score (nSPS) is 26.7. The van der Waals surface area contributed by atoms with Crippen LogP contribution in [-0.2, 0) is 10.2 Å². The fourth-order valence-electron chi connectivity index (χ4n) is 4.20. The Balaban J connectivity index is 1.44. The van der Waals surface area contributed by atoms with Crippen molar-refractivity contribution in [3.05, 3.63) is 29.8 Å². The maximum atomic E-state index is 11.3. The Morgan fingerprint density at radius 3 is 2.54 bits per heavy atom. The monoisotopic (exact) mass is 331 g/mol. The molecule has 3 unspecified atom stereocenters. The minimum absolute atomic E-state index is 0.158. The van der Waals surface area contributed by atoms with E-state index in [1.54, 1.807) is 0 Å². The number of nitrogens with zero attached hydrogens (tertiary/aromatic N) is 1. The van der Waals surface area contributed by atoms with Crippen LogP contribution in [0.1, 0.15) is 52.0 Å². The van der Waals surface area contributed by atoms with Crippen molar-refractivity contribution in [2.24, 2.45) is 5.92 Å². The number of carboxylic acid groups (broad SMARTS) is 1. The van der Waals surface area contributed by atoms with Gasteiger partial charge in [-0.3, -0.25) is 9.69 Å². The number of hydrogen-bond acceptors (Lipinski definition) is 3. The first kappa shape index (κ1) is 17.3. The van der Waals surface area contributed by atoms with Gasteiger partial charge in [-0.1, -0.05) is 32.9 Å². The van der Waals surface area contributed by atoms with Gasteiger partial charge >= 0.3 is 5.97 Å². The van der Waals surface area contributed by atoms with Gasteiger partial charge in [0.25, 0.3) is 0 Å². The third-order valence-electron chi connectivity index (χ3n) is 5.55. The van der Waals surface area contributed by atoms with Gasteiger partial charge in [-0.2, -0.15) is 0 Å². The smallest absolute Gasteiger partial charge is 0.308 e. The van der Waals surface area contributed by atoms with Crippen molar-refractivity contribution in [1.82, 2.24) is 4.90 Å². The highest BCUT2D eigenvalue weighted by Gasteiger charge is 2.48. The van der Waals surface area contributed by atoms with Crippen LogP contribution in [0.3, 0.4) is 0 Å². The molecule has 2 aliphatic heterocycles. The summed E-state index contributed by atoms with van der Waals surface area (Å²) in [5, 5.41) is 9.30. The maximum absolute atomic E-state index is 11.3. The largest absolute Gasteiger partial charge is 0.494 e. The van der Waals surface area contributed by atoms with E-state index in [4.69, 9.17) is 4.74 Å². The first-order valence-corrected chi connectivity index (χ1v) is 9.08. The van der Waals surface area contributed by atoms with Crippen LogP contribution < -0.4 is 4.74 Å². The van der Waals surface area contributed by atoms with Crippen molar-refractivity contribution in [2.75, 3.05) is 13.2 Å². The maximum Gasteiger partial charge on any atom is 0.308 e. The molecular formula is C20H29NO3. The lowest BCUT2D eigenvalue weighted by Crippen LogP contribution is -2.34. The standard InChI is InChI=1S/C20H29NO3/c1-20(2,3)14-5-8-16(9-6-14)24-12-4-11-21-15-7-10-18(21)17(13-15)19(22)23/h5-6,8-9,15,17-18H,4,7,10-13H2,1-3H3,(H,22,23). The number of rotatable bonds is 6. The second-order valence-corrected chi connectivity index (χ2v) is 8.19. The highest BCUT2D eigenvalue weighted by molar-refractivity contribution is 5.71. The summed E-state index contributed by atoms with van der Waals surface area (Å²) in [4.78, 5) is 13.7. The molecule has 1 aromatic carbocycles. The molecule has 0 saturated carbocycles. The predicted molar refractivity (Wildman–Crippen MR) is 94.5 cm³/mol. The number of fused-ring (bicyclic) bond motifs is 2. The molecular weight excluding hydrogens is 302 g/mol. The van der Waals surface area contributed by atoms with Crippen LogP contribution in [0.15, 0.2) is 24.3 Å². The first-order chi connectivity index (χ1) is 11.4. The van der Waals surface area contributed by atoms with Crippen molar-refractivity contribution in [3.8, 4) is 5.75 Å². The van der Waals surface area contributed by atoms with Gasteiger partial charge in [-0.15, -0.1) is 0 Å². The number of carbonyl (C=O) groups is 1. The van der Waals surface area contributed by atoms with Gasteiger partial charge in [0.05, 0.1) is 12.5 Å². The van der Waals surface area contributed by atoms with Crippen LogP contribution in [-0.4, -0.2) is 41.2 Å². The summed E-state index contributed by atoms with van der Waals surface area (Å²) in [6, 6.07) is 9.07. The lowest BCUT2D eigenvalue weighted by molar-refractivity contribution is -0.142. The van der Waals surface area contributed by atoms with Crippen molar-refractivity contribution in [3.63, 3.8) is 0 Å². The molecule has 0 aliphatic carbocycles. The van der Waals surface area contributed by atoms with E-state index < -0.39 is 5.97 Å². The zero-order valence-electron chi connectivity index (χ0n) is 15.0. The molecule has 132 valence electrons. The summed E-state index contributed by atoms with van der Waals surface area (Å²) >= 11 is 0. The SMILES string of the molecule is CC(C)(C)c1ccc(OCCCN2C3CCC2C(C(=O)O)C3)cc1. The Bertz CT molecular complexity index is 576. The third-order valence-corrected chi connectivity index (χ3v) is 5.55. The van der Waals surface area contributed by atoms with Gasteiger partial charge in [0.2, 0.25) is 0 Å². The average Bonchev–Trinajstić information content (AvgIpc) is 3.08. The third kappa shape index (κ3) is 3.59. The Hall–Kier alpha value is -1.55. The van der Waals surface area contributed by atoms with Crippen molar-refractivity contribution in [2.45, 2.75) is 64.0 Å². The number of ether oxygens (including phenoxy) is 1. The number of aliphatic carboxylic acids is 1. The average molecular weight is 331 g/mol. The Kier molecular flexibility index (Phi) is 4.86. The topological polar surface area (TPSA) is 49.8 Å². The van der Waals surface area contributed by atoms with E-state index in [-0.39, 0.29) is 17.4 Å². The van der Waals surface area contributed by atoms with Crippen LogP contribution in [0.2, 0.25) is 0 Å². The number of benzene rings is 1. The molecule has 0 radical (unpaired) electrons. The van der Waals surface area contributed by atoms with Crippen LogP contribution >= 0.6 is 0 Å². The second-order valence-electron chi connectivity index (χ2n) is 8.19. The van der Waals surface area contributed by atoms with E-state index >= 15 is 0 Å². The highest BCUT2D eigenvalue weighted by atomic mass is 16.5. The van der Waals surface area contributed by atoms with Gasteiger partial charge in [-0.25, -0.2) is 0 Å². The molecule has 0 spiro atoms. The number of carboxylic acids is 1. The number of hydrogen-bond donors (Lipinski definition) is 1. The van der Waals surface area contributed by atoms with E-state index in [9.17, 15) is 9.90 Å². The minimum Gasteiger partial charge on any atom is -0.494 e. The molecule has 2 bridgehead atoms. The summed E-state index contributed by atoms with van der Waals surface area (Å²) in [5.74, 6) is 0.132. The summed E-state index contributed by atoms with van der Waals surface area (Å²) in [5.41, 5.74) is 1.47. The van der Waals surface area contributed by atoms with E-state index in [1.807, 2.05) is 12.1 Å². The molecule has 0 amide bonds. The van der Waals surface area contributed by atoms with Crippen molar-refractivity contribution < 1.29 is 14.6 Å². The molecule has 4 nitrogen and oxygen atoms in total. The van der Waals surface area contributed by atoms with Crippen LogP contribution in [0.5, 0.6) is 5.75 Å². The molecule has 2 aliphatic rings. The molecule has 1 N–H and O–H groups in total.